The van der Waals surface area contributed by atoms with E-state index in [9.17, 15) is 0 Å². The average molecular weight is 301 g/mol. The highest BCUT2D eigenvalue weighted by Gasteiger charge is 2.15. The number of methoxy groups -OCH3 is 1. The fraction of sp³-hybridized carbons (Fsp3) is 0.615. The van der Waals surface area contributed by atoms with E-state index in [2.05, 4.69) is 39.7 Å². The minimum atomic E-state index is 0.569. The Morgan fingerprint density at radius 1 is 1.41 bits per heavy atom. The van der Waals surface area contributed by atoms with Crippen molar-refractivity contribution in [3.05, 3.63) is 18.3 Å². The molecule has 3 nitrogen and oxygen atoms in total. The van der Waals surface area contributed by atoms with Crippen molar-refractivity contribution in [1.82, 2.24) is 4.98 Å². The number of anilines is 1. The molecule has 0 aliphatic carbocycles. The van der Waals surface area contributed by atoms with Crippen molar-refractivity contribution in [1.29, 1.82) is 0 Å². The van der Waals surface area contributed by atoms with Gasteiger partial charge in [0.1, 0.15) is 0 Å². The van der Waals surface area contributed by atoms with E-state index in [-0.39, 0.29) is 0 Å². The zero-order valence-electron chi connectivity index (χ0n) is 10.8. The number of pyridine rings is 1. The molecule has 0 spiro atoms. The summed E-state index contributed by atoms with van der Waals surface area (Å²) in [7, 11) is 1.65. The zero-order valence-corrected chi connectivity index (χ0v) is 12.4. The van der Waals surface area contributed by atoms with E-state index in [0.29, 0.717) is 11.9 Å². The zero-order chi connectivity index (χ0) is 12.7. The van der Waals surface area contributed by atoms with E-state index >= 15 is 0 Å². The summed E-state index contributed by atoms with van der Waals surface area (Å²) in [5, 5.41) is 0.966. The van der Waals surface area contributed by atoms with Gasteiger partial charge in [0.15, 0.2) is 0 Å². The van der Waals surface area contributed by atoms with E-state index in [0.717, 1.165) is 24.7 Å². The molecule has 0 aromatic carbocycles. The molecule has 1 aromatic rings. The Balaban J connectivity index is 2.94. The number of hydrogen-bond donors (Lipinski definition) is 0. The summed E-state index contributed by atoms with van der Waals surface area (Å²) in [6.07, 6.45) is 4.10. The number of ether oxygens (including phenoxy) is 1. The lowest BCUT2D eigenvalue weighted by Crippen LogP contribution is -2.36. The minimum Gasteiger partial charge on any atom is -0.481 e. The van der Waals surface area contributed by atoms with Crippen LogP contribution in [0.5, 0.6) is 5.88 Å². The fourth-order valence-corrected chi connectivity index (χ4v) is 2.41. The van der Waals surface area contributed by atoms with Gasteiger partial charge in [0.25, 0.3) is 0 Å². The number of hydrogen-bond acceptors (Lipinski definition) is 3. The molecule has 0 amide bonds. The normalized spacial score (nSPS) is 10.6. The van der Waals surface area contributed by atoms with Gasteiger partial charge < -0.3 is 9.64 Å². The third kappa shape index (κ3) is 3.87. The summed E-state index contributed by atoms with van der Waals surface area (Å²) >= 11 is 3.52. The first-order valence-electron chi connectivity index (χ1n) is 6.09. The van der Waals surface area contributed by atoms with Gasteiger partial charge in [0, 0.05) is 35.9 Å². The summed E-state index contributed by atoms with van der Waals surface area (Å²) in [6.45, 7) is 5.46. The van der Waals surface area contributed by atoms with Crippen LogP contribution in [0.25, 0.3) is 0 Å². The number of nitrogens with zero attached hydrogens (tertiary/aromatic N) is 2. The molecule has 0 aliphatic rings. The maximum atomic E-state index is 5.18. The molecule has 0 bridgehead atoms. The predicted octanol–water partition coefficient (Wildman–Crippen LogP) is 3.48. The molecular weight excluding hydrogens is 280 g/mol. The van der Waals surface area contributed by atoms with Gasteiger partial charge in [0.05, 0.1) is 7.11 Å². The number of alkyl halides is 1. The minimum absolute atomic E-state index is 0.569. The summed E-state index contributed by atoms with van der Waals surface area (Å²) in [6, 6.07) is 4.62. The molecule has 17 heavy (non-hydrogen) atoms. The summed E-state index contributed by atoms with van der Waals surface area (Å²) < 4.78 is 5.18. The van der Waals surface area contributed by atoms with Crippen LogP contribution in [0.1, 0.15) is 26.7 Å². The van der Waals surface area contributed by atoms with Gasteiger partial charge in [-0.25, -0.2) is 4.98 Å². The third-order valence-electron chi connectivity index (χ3n) is 2.97. The lowest BCUT2D eigenvalue weighted by atomic mass is 10.1. The van der Waals surface area contributed by atoms with Crippen molar-refractivity contribution in [2.24, 2.45) is 0 Å². The average Bonchev–Trinajstić information content (AvgIpc) is 2.39. The topological polar surface area (TPSA) is 25.4 Å². The SMILES string of the molecule is CCC(CC)N(CCBr)c1ccnc(OC)c1. The molecule has 0 N–H and O–H groups in total. The first kappa shape index (κ1) is 14.3. The molecule has 0 aliphatic heterocycles. The maximum absolute atomic E-state index is 5.18. The largest absolute Gasteiger partial charge is 0.481 e. The van der Waals surface area contributed by atoms with E-state index in [1.807, 2.05) is 12.1 Å². The highest BCUT2D eigenvalue weighted by Crippen LogP contribution is 2.23. The predicted molar refractivity (Wildman–Crippen MR) is 76.3 cm³/mol. The van der Waals surface area contributed by atoms with Crippen molar-refractivity contribution < 1.29 is 4.74 Å². The van der Waals surface area contributed by atoms with Gasteiger partial charge in [-0.1, -0.05) is 29.8 Å². The second kappa shape index (κ2) is 7.54. The maximum Gasteiger partial charge on any atom is 0.214 e. The lowest BCUT2D eigenvalue weighted by Gasteiger charge is -2.32. The molecule has 1 rings (SSSR count). The van der Waals surface area contributed by atoms with Crippen LogP contribution in [-0.2, 0) is 0 Å². The van der Waals surface area contributed by atoms with Crippen LogP contribution in [0.4, 0.5) is 5.69 Å². The van der Waals surface area contributed by atoms with Gasteiger partial charge in [-0.15, -0.1) is 0 Å². The van der Waals surface area contributed by atoms with E-state index in [4.69, 9.17) is 4.74 Å². The van der Waals surface area contributed by atoms with E-state index in [1.54, 1.807) is 13.3 Å². The molecule has 1 aromatic heterocycles. The molecule has 0 saturated carbocycles. The smallest absolute Gasteiger partial charge is 0.214 e. The number of rotatable bonds is 7. The summed E-state index contributed by atoms with van der Waals surface area (Å²) in [4.78, 5) is 6.57. The first-order chi connectivity index (χ1) is 8.26. The van der Waals surface area contributed by atoms with Gasteiger partial charge >= 0.3 is 0 Å². The molecule has 0 fully saturated rings. The van der Waals surface area contributed by atoms with E-state index in [1.165, 1.54) is 5.69 Å². The van der Waals surface area contributed by atoms with Gasteiger partial charge in [-0.3, -0.25) is 0 Å². The van der Waals surface area contributed by atoms with E-state index < -0.39 is 0 Å². The quantitative estimate of drug-likeness (QED) is 0.721. The Morgan fingerprint density at radius 2 is 2.12 bits per heavy atom. The van der Waals surface area contributed by atoms with Crippen molar-refractivity contribution >= 4 is 21.6 Å². The van der Waals surface area contributed by atoms with Gasteiger partial charge in [0.2, 0.25) is 5.88 Å². The third-order valence-corrected chi connectivity index (χ3v) is 3.32. The monoisotopic (exact) mass is 300 g/mol. The second-order valence-corrected chi connectivity index (χ2v) is 4.70. The van der Waals surface area contributed by atoms with Gasteiger partial charge in [-0.05, 0) is 18.9 Å². The van der Waals surface area contributed by atoms with Crippen molar-refractivity contribution in [2.45, 2.75) is 32.7 Å². The molecular formula is C13H21BrN2O. The highest BCUT2D eigenvalue weighted by molar-refractivity contribution is 9.09. The molecule has 4 heteroatoms. The molecule has 0 unspecified atom stereocenters. The summed E-state index contributed by atoms with van der Waals surface area (Å²) in [5.41, 5.74) is 1.19. The van der Waals surface area contributed by atoms with Crippen LogP contribution in [-0.4, -0.2) is 30.0 Å². The summed E-state index contributed by atoms with van der Waals surface area (Å²) in [5.74, 6) is 0.674. The number of aromatic nitrogens is 1. The first-order valence-corrected chi connectivity index (χ1v) is 7.21. The lowest BCUT2D eigenvalue weighted by molar-refractivity contribution is 0.397. The van der Waals surface area contributed by atoms with Gasteiger partial charge in [-0.2, -0.15) is 0 Å². The van der Waals surface area contributed by atoms with Crippen LogP contribution in [0.2, 0.25) is 0 Å². The Hall–Kier alpha value is -0.770. The highest BCUT2D eigenvalue weighted by atomic mass is 79.9. The number of halogens is 1. The Bertz CT molecular complexity index is 329. The van der Waals surface area contributed by atoms with Crippen molar-refractivity contribution in [3.63, 3.8) is 0 Å². The van der Waals surface area contributed by atoms with Crippen molar-refractivity contribution in [2.75, 3.05) is 23.9 Å². The van der Waals surface area contributed by atoms with Crippen LogP contribution in [0, 0.1) is 0 Å². The Kier molecular flexibility index (Phi) is 6.34. The van der Waals surface area contributed by atoms with Crippen LogP contribution in [0.15, 0.2) is 18.3 Å². The molecule has 0 saturated heterocycles. The second-order valence-electron chi connectivity index (χ2n) is 3.91. The fourth-order valence-electron chi connectivity index (χ4n) is 2.03. The van der Waals surface area contributed by atoms with Crippen molar-refractivity contribution in [3.8, 4) is 5.88 Å². The van der Waals surface area contributed by atoms with Crippen LogP contribution in [0.3, 0.4) is 0 Å². The molecule has 0 radical (unpaired) electrons. The Labute approximate surface area is 112 Å². The molecule has 96 valence electrons. The molecule has 1 heterocycles. The standard InChI is InChI=1S/C13H21BrN2O/c1-4-11(5-2)16(9-7-14)12-6-8-15-13(10-12)17-3/h6,8,10-11H,4-5,7,9H2,1-3H3. The Morgan fingerprint density at radius 3 is 2.65 bits per heavy atom. The molecule has 0 atom stereocenters. The van der Waals surface area contributed by atoms with Crippen LogP contribution >= 0.6 is 15.9 Å². The van der Waals surface area contributed by atoms with Crippen LogP contribution < -0.4 is 9.64 Å².